The number of hydrogen-bond acceptors (Lipinski definition) is 3. The molecule has 1 fully saturated rings. The molecule has 0 bridgehead atoms. The van der Waals surface area contributed by atoms with Crippen LogP contribution in [0.5, 0.6) is 0 Å². The normalized spacial score (nSPS) is 18.4. The number of nitrogens with zero attached hydrogens (tertiary/aromatic N) is 2. The first kappa shape index (κ1) is 12.0. The number of aromatic carboxylic acids is 1. The number of carbonyl (C=O) groups is 1. The zero-order chi connectivity index (χ0) is 12.1. The fraction of sp³-hybridized carbons (Fsp3) is 0.615. The van der Waals surface area contributed by atoms with E-state index < -0.39 is 5.97 Å². The van der Waals surface area contributed by atoms with Crippen molar-refractivity contribution in [2.24, 2.45) is 0 Å². The summed E-state index contributed by atoms with van der Waals surface area (Å²) in [6.45, 7) is 0. The van der Waals surface area contributed by atoms with Crippen molar-refractivity contribution in [1.29, 1.82) is 0 Å². The molecule has 17 heavy (non-hydrogen) atoms. The second-order valence-electron chi connectivity index (χ2n) is 4.68. The van der Waals surface area contributed by atoms with Crippen molar-refractivity contribution in [1.82, 2.24) is 9.97 Å². The fourth-order valence-electron chi connectivity index (χ4n) is 2.37. The third kappa shape index (κ3) is 3.25. The Kier molecular flexibility index (Phi) is 4.07. The molecule has 0 aromatic carbocycles. The largest absolute Gasteiger partial charge is 0.478 e. The van der Waals surface area contributed by atoms with Gasteiger partial charge in [-0.25, -0.2) is 14.8 Å². The highest BCUT2D eigenvalue weighted by Gasteiger charge is 2.16. The van der Waals surface area contributed by atoms with Crippen molar-refractivity contribution in [3.63, 3.8) is 0 Å². The lowest BCUT2D eigenvalue weighted by Crippen LogP contribution is -2.08. The second-order valence-corrected chi connectivity index (χ2v) is 4.68. The van der Waals surface area contributed by atoms with Gasteiger partial charge in [0.1, 0.15) is 5.82 Å². The van der Waals surface area contributed by atoms with E-state index in [-0.39, 0.29) is 5.56 Å². The fourth-order valence-corrected chi connectivity index (χ4v) is 2.37. The number of carboxylic acids is 1. The van der Waals surface area contributed by atoms with Crippen LogP contribution in [0.25, 0.3) is 0 Å². The number of aromatic nitrogens is 2. The van der Waals surface area contributed by atoms with Crippen LogP contribution in [0, 0.1) is 0 Å². The molecule has 92 valence electrons. The Morgan fingerprint density at radius 3 is 2.12 bits per heavy atom. The van der Waals surface area contributed by atoms with Crippen molar-refractivity contribution in [2.45, 2.75) is 50.9 Å². The maximum Gasteiger partial charge on any atom is 0.338 e. The summed E-state index contributed by atoms with van der Waals surface area (Å²) in [4.78, 5) is 19.1. The minimum Gasteiger partial charge on any atom is -0.478 e. The molecule has 4 nitrogen and oxygen atoms in total. The highest BCUT2D eigenvalue weighted by atomic mass is 16.4. The first-order valence-corrected chi connectivity index (χ1v) is 6.32. The van der Waals surface area contributed by atoms with Gasteiger partial charge in [-0.3, -0.25) is 0 Å². The van der Waals surface area contributed by atoms with Gasteiger partial charge in [0.05, 0.1) is 5.56 Å². The Hall–Kier alpha value is -1.45. The number of rotatable bonds is 2. The van der Waals surface area contributed by atoms with Gasteiger partial charge >= 0.3 is 5.97 Å². The van der Waals surface area contributed by atoms with Gasteiger partial charge in [0.2, 0.25) is 0 Å². The molecule has 0 radical (unpaired) electrons. The summed E-state index contributed by atoms with van der Waals surface area (Å²) in [6.07, 6.45) is 11.5. The van der Waals surface area contributed by atoms with Crippen LogP contribution in [0.1, 0.15) is 67.0 Å². The highest BCUT2D eigenvalue weighted by Crippen LogP contribution is 2.28. The average molecular weight is 234 g/mol. The van der Waals surface area contributed by atoms with Crippen LogP contribution >= 0.6 is 0 Å². The molecule has 0 saturated heterocycles. The molecular formula is C13H18N2O2. The molecule has 0 spiro atoms. The van der Waals surface area contributed by atoms with E-state index in [0.29, 0.717) is 5.92 Å². The molecule has 4 heteroatoms. The second kappa shape index (κ2) is 5.75. The summed E-state index contributed by atoms with van der Waals surface area (Å²) in [5.41, 5.74) is 0.166. The first-order valence-electron chi connectivity index (χ1n) is 6.32. The maximum absolute atomic E-state index is 10.7. The SMILES string of the molecule is O=C(O)c1cnc(C2CCCCCCC2)nc1. The molecule has 0 amide bonds. The molecule has 1 N–H and O–H groups in total. The molecular weight excluding hydrogens is 216 g/mol. The van der Waals surface area contributed by atoms with Crippen molar-refractivity contribution >= 4 is 5.97 Å². The van der Waals surface area contributed by atoms with Crippen LogP contribution in [0.4, 0.5) is 0 Å². The van der Waals surface area contributed by atoms with Crippen LogP contribution in [0.2, 0.25) is 0 Å². The third-order valence-corrected chi connectivity index (χ3v) is 3.39. The van der Waals surface area contributed by atoms with Gasteiger partial charge in [-0.1, -0.05) is 32.1 Å². The van der Waals surface area contributed by atoms with Gasteiger partial charge in [-0.15, -0.1) is 0 Å². The summed E-state index contributed by atoms with van der Waals surface area (Å²) in [5.74, 6) is 0.268. The van der Waals surface area contributed by atoms with Crippen molar-refractivity contribution < 1.29 is 9.90 Å². The van der Waals surface area contributed by atoms with Gasteiger partial charge in [0, 0.05) is 18.3 Å². The zero-order valence-corrected chi connectivity index (χ0v) is 9.93. The van der Waals surface area contributed by atoms with Crippen LogP contribution < -0.4 is 0 Å². The van der Waals surface area contributed by atoms with Crippen LogP contribution in [-0.2, 0) is 0 Å². The van der Waals surface area contributed by atoms with E-state index in [9.17, 15) is 4.79 Å². The van der Waals surface area contributed by atoms with Gasteiger partial charge in [-0.2, -0.15) is 0 Å². The van der Waals surface area contributed by atoms with Crippen molar-refractivity contribution in [3.05, 3.63) is 23.8 Å². The molecule has 1 aromatic rings. The van der Waals surface area contributed by atoms with Gasteiger partial charge < -0.3 is 5.11 Å². The average Bonchev–Trinajstić information content (AvgIpc) is 2.29. The minimum atomic E-state index is -0.964. The predicted molar refractivity (Wildman–Crippen MR) is 64.1 cm³/mol. The van der Waals surface area contributed by atoms with Crippen LogP contribution in [0.3, 0.4) is 0 Å². The molecule has 0 aliphatic heterocycles. The molecule has 2 rings (SSSR count). The number of carboxylic acid groups (broad SMARTS) is 1. The molecule has 0 atom stereocenters. The first-order chi connectivity index (χ1) is 8.27. The molecule has 1 aliphatic carbocycles. The van der Waals surface area contributed by atoms with Gasteiger partial charge in [0.15, 0.2) is 0 Å². The Balaban J connectivity index is 2.06. The van der Waals surface area contributed by atoms with Gasteiger partial charge in [0.25, 0.3) is 0 Å². The summed E-state index contributed by atoms with van der Waals surface area (Å²) >= 11 is 0. The van der Waals surface area contributed by atoms with Gasteiger partial charge in [-0.05, 0) is 12.8 Å². The smallest absolute Gasteiger partial charge is 0.338 e. The molecule has 1 aliphatic rings. The standard InChI is InChI=1S/C13H18N2O2/c16-13(17)11-8-14-12(15-9-11)10-6-4-2-1-3-5-7-10/h8-10H,1-7H2,(H,16,17). The zero-order valence-electron chi connectivity index (χ0n) is 9.93. The maximum atomic E-state index is 10.7. The van der Waals surface area contributed by atoms with Crippen LogP contribution in [0.15, 0.2) is 12.4 Å². The Morgan fingerprint density at radius 2 is 1.59 bits per heavy atom. The predicted octanol–water partition coefficient (Wildman–Crippen LogP) is 3.00. The Labute approximate surface area is 101 Å². The summed E-state index contributed by atoms with van der Waals surface area (Å²) in [6, 6.07) is 0. The third-order valence-electron chi connectivity index (χ3n) is 3.39. The van der Waals surface area contributed by atoms with E-state index in [1.54, 1.807) is 0 Å². The Morgan fingerprint density at radius 1 is 1.06 bits per heavy atom. The number of hydrogen-bond donors (Lipinski definition) is 1. The molecule has 1 aromatic heterocycles. The van der Waals surface area contributed by atoms with Crippen molar-refractivity contribution in [3.8, 4) is 0 Å². The van der Waals surface area contributed by atoms with E-state index in [2.05, 4.69) is 9.97 Å². The summed E-state index contributed by atoms with van der Waals surface area (Å²) in [5, 5.41) is 8.79. The summed E-state index contributed by atoms with van der Waals surface area (Å²) in [7, 11) is 0. The lowest BCUT2D eigenvalue weighted by molar-refractivity contribution is 0.0696. The summed E-state index contributed by atoms with van der Waals surface area (Å²) < 4.78 is 0. The van der Waals surface area contributed by atoms with E-state index in [4.69, 9.17) is 5.11 Å². The molecule has 1 heterocycles. The topological polar surface area (TPSA) is 63.1 Å². The lowest BCUT2D eigenvalue weighted by Gasteiger charge is -2.18. The van der Waals surface area contributed by atoms with E-state index in [0.717, 1.165) is 18.7 Å². The highest BCUT2D eigenvalue weighted by molar-refractivity contribution is 5.86. The van der Waals surface area contributed by atoms with E-state index in [1.165, 1.54) is 44.5 Å². The monoisotopic (exact) mass is 234 g/mol. The molecule has 1 saturated carbocycles. The van der Waals surface area contributed by atoms with E-state index in [1.807, 2.05) is 0 Å². The minimum absolute atomic E-state index is 0.166. The lowest BCUT2D eigenvalue weighted by atomic mass is 9.90. The van der Waals surface area contributed by atoms with E-state index >= 15 is 0 Å². The van der Waals surface area contributed by atoms with Crippen molar-refractivity contribution in [2.75, 3.05) is 0 Å². The quantitative estimate of drug-likeness (QED) is 0.854. The Bertz CT molecular complexity index is 368. The molecule has 0 unspecified atom stereocenters. The van der Waals surface area contributed by atoms with Crippen LogP contribution in [-0.4, -0.2) is 21.0 Å².